The molecule has 3 amide bonds. The summed E-state index contributed by atoms with van der Waals surface area (Å²) < 4.78 is 0. The van der Waals surface area contributed by atoms with Crippen LogP contribution in [0.3, 0.4) is 0 Å². The van der Waals surface area contributed by atoms with E-state index in [-0.39, 0.29) is 11.7 Å². The van der Waals surface area contributed by atoms with Crippen molar-refractivity contribution in [1.29, 1.82) is 0 Å². The van der Waals surface area contributed by atoms with Crippen molar-refractivity contribution in [1.82, 2.24) is 25.8 Å². The minimum Gasteiger partial charge on any atom is -0.368 e. The lowest BCUT2D eigenvalue weighted by molar-refractivity contribution is -0.117. The summed E-state index contributed by atoms with van der Waals surface area (Å²) in [6.07, 6.45) is 1.51. The van der Waals surface area contributed by atoms with E-state index >= 15 is 0 Å². The Balaban J connectivity index is 2.25. The second kappa shape index (κ2) is 6.53. The van der Waals surface area contributed by atoms with Crippen molar-refractivity contribution in [3.05, 3.63) is 12.7 Å². The summed E-state index contributed by atoms with van der Waals surface area (Å²) in [5, 5.41) is 11.1. The highest BCUT2D eigenvalue weighted by atomic mass is 32.2. The van der Waals surface area contributed by atoms with Crippen molar-refractivity contribution in [2.24, 2.45) is 0 Å². The van der Waals surface area contributed by atoms with Crippen molar-refractivity contribution in [3.8, 4) is 0 Å². The topological polar surface area (TPSA) is 126 Å². The third-order valence-electron chi connectivity index (χ3n) is 1.47. The van der Waals surface area contributed by atoms with Crippen LogP contribution in [0.2, 0.25) is 0 Å². The molecule has 5 N–H and O–H groups in total. The molecule has 92 valence electrons. The zero-order valence-electron chi connectivity index (χ0n) is 8.90. The Morgan fingerprint density at radius 2 is 2.35 bits per heavy atom. The number of imide groups is 1. The standard InChI is InChI=1S/C8H12N6O2S/c1-2-3-10-7(16)11-5(15)4-17-8-12-6(9)13-14-8/h2H,1,3-4H2,(H3,9,12,13,14)(H2,10,11,15,16). The summed E-state index contributed by atoms with van der Waals surface area (Å²) in [6, 6.07) is -0.565. The van der Waals surface area contributed by atoms with Gasteiger partial charge >= 0.3 is 6.03 Å². The molecule has 9 heteroatoms. The Hall–Kier alpha value is -2.03. The summed E-state index contributed by atoms with van der Waals surface area (Å²) in [6.45, 7) is 3.72. The monoisotopic (exact) mass is 256 g/mol. The van der Waals surface area contributed by atoms with E-state index in [9.17, 15) is 9.59 Å². The highest BCUT2D eigenvalue weighted by Gasteiger charge is 2.09. The SMILES string of the molecule is C=CCNC(=O)NC(=O)CSc1n[nH]c(N)n1. The molecule has 0 saturated heterocycles. The van der Waals surface area contributed by atoms with Gasteiger partial charge < -0.3 is 11.1 Å². The quantitative estimate of drug-likeness (QED) is 0.415. The lowest BCUT2D eigenvalue weighted by Crippen LogP contribution is -2.40. The number of nitrogen functional groups attached to an aromatic ring is 1. The lowest BCUT2D eigenvalue weighted by Gasteiger charge is -2.03. The zero-order chi connectivity index (χ0) is 12.7. The number of amides is 3. The second-order valence-corrected chi connectivity index (χ2v) is 3.78. The average Bonchev–Trinajstić information content (AvgIpc) is 2.70. The van der Waals surface area contributed by atoms with Gasteiger partial charge in [0.2, 0.25) is 17.0 Å². The molecule has 0 aliphatic carbocycles. The van der Waals surface area contributed by atoms with Crippen LogP contribution >= 0.6 is 11.8 Å². The van der Waals surface area contributed by atoms with Crippen molar-refractivity contribution < 1.29 is 9.59 Å². The second-order valence-electron chi connectivity index (χ2n) is 2.84. The van der Waals surface area contributed by atoms with Gasteiger partial charge in [-0.25, -0.2) is 9.89 Å². The lowest BCUT2D eigenvalue weighted by atomic mass is 10.6. The van der Waals surface area contributed by atoms with Crippen LogP contribution in [-0.4, -0.2) is 39.4 Å². The van der Waals surface area contributed by atoms with Crippen LogP contribution in [-0.2, 0) is 4.79 Å². The zero-order valence-corrected chi connectivity index (χ0v) is 9.71. The van der Waals surface area contributed by atoms with Crippen LogP contribution in [0, 0.1) is 0 Å². The van der Waals surface area contributed by atoms with Gasteiger partial charge in [0.15, 0.2) is 0 Å². The van der Waals surface area contributed by atoms with Gasteiger partial charge in [-0.15, -0.1) is 11.7 Å². The van der Waals surface area contributed by atoms with Crippen molar-refractivity contribution in [2.45, 2.75) is 5.16 Å². The molecule has 1 aromatic rings. The molecule has 1 aromatic heterocycles. The normalized spacial score (nSPS) is 9.65. The number of nitrogens with two attached hydrogens (primary N) is 1. The first-order valence-corrected chi connectivity index (χ1v) is 5.59. The Morgan fingerprint density at radius 1 is 1.59 bits per heavy atom. The first-order valence-electron chi connectivity index (χ1n) is 4.61. The molecule has 0 unspecified atom stereocenters. The van der Waals surface area contributed by atoms with Crippen LogP contribution < -0.4 is 16.4 Å². The summed E-state index contributed by atoms with van der Waals surface area (Å²) in [5.74, 6) is -0.240. The number of urea groups is 1. The molecule has 0 fully saturated rings. The molecule has 0 aliphatic rings. The average molecular weight is 256 g/mol. The van der Waals surface area contributed by atoms with E-state index in [0.717, 1.165) is 11.8 Å². The van der Waals surface area contributed by atoms with Crippen molar-refractivity contribution in [2.75, 3.05) is 18.0 Å². The van der Waals surface area contributed by atoms with Crippen LogP contribution in [0.15, 0.2) is 17.8 Å². The fourth-order valence-corrected chi connectivity index (χ4v) is 1.43. The number of thioether (sulfide) groups is 1. The highest BCUT2D eigenvalue weighted by molar-refractivity contribution is 7.99. The van der Waals surface area contributed by atoms with E-state index in [2.05, 4.69) is 32.4 Å². The van der Waals surface area contributed by atoms with E-state index in [1.807, 2.05) is 0 Å². The molecule has 0 saturated carbocycles. The fourth-order valence-electron chi connectivity index (χ4n) is 0.825. The van der Waals surface area contributed by atoms with Crippen molar-refractivity contribution in [3.63, 3.8) is 0 Å². The predicted octanol–water partition coefficient (Wildman–Crippen LogP) is -0.509. The molecule has 0 atom stereocenters. The molecule has 8 nitrogen and oxygen atoms in total. The van der Waals surface area contributed by atoms with E-state index < -0.39 is 11.9 Å². The Kier molecular flexibility index (Phi) is 5.01. The molecular formula is C8H12N6O2S. The maximum atomic E-state index is 11.3. The number of H-pyrrole nitrogens is 1. The summed E-state index contributed by atoms with van der Waals surface area (Å²) in [4.78, 5) is 26.1. The Bertz CT molecular complexity index is 418. The van der Waals surface area contributed by atoms with Gasteiger partial charge in [0.25, 0.3) is 0 Å². The summed E-state index contributed by atoms with van der Waals surface area (Å²) in [7, 11) is 0. The minimum absolute atomic E-state index is 0.0266. The molecule has 0 aliphatic heterocycles. The van der Waals surface area contributed by atoms with Gasteiger partial charge in [0.1, 0.15) is 0 Å². The molecule has 0 radical (unpaired) electrons. The van der Waals surface area contributed by atoms with E-state index in [1.54, 1.807) is 0 Å². The minimum atomic E-state index is -0.565. The first-order chi connectivity index (χ1) is 8.11. The van der Waals surface area contributed by atoms with E-state index in [0.29, 0.717) is 11.7 Å². The number of rotatable bonds is 5. The van der Waals surface area contributed by atoms with E-state index in [1.165, 1.54) is 6.08 Å². The Labute approximate surface area is 101 Å². The first kappa shape index (κ1) is 13.0. The summed E-state index contributed by atoms with van der Waals surface area (Å²) in [5.41, 5.74) is 5.30. The number of aromatic nitrogens is 3. The number of nitrogens with one attached hydrogen (secondary N) is 3. The molecular weight excluding hydrogens is 244 g/mol. The van der Waals surface area contributed by atoms with Crippen LogP contribution in [0.4, 0.5) is 10.7 Å². The van der Waals surface area contributed by atoms with Crippen LogP contribution in [0.25, 0.3) is 0 Å². The molecule has 0 bridgehead atoms. The molecule has 0 aromatic carbocycles. The number of hydrogen-bond acceptors (Lipinski definition) is 6. The fraction of sp³-hybridized carbons (Fsp3) is 0.250. The number of nitrogens with zero attached hydrogens (tertiary/aromatic N) is 2. The van der Waals surface area contributed by atoms with Gasteiger partial charge in [-0.3, -0.25) is 10.1 Å². The maximum Gasteiger partial charge on any atom is 0.321 e. The maximum absolute atomic E-state index is 11.3. The number of carbonyl (C=O) groups excluding carboxylic acids is 2. The number of carbonyl (C=O) groups is 2. The third kappa shape index (κ3) is 5.02. The number of anilines is 1. The van der Waals surface area contributed by atoms with Gasteiger partial charge in [-0.05, 0) is 0 Å². The number of hydrogen-bond donors (Lipinski definition) is 4. The molecule has 17 heavy (non-hydrogen) atoms. The third-order valence-corrected chi connectivity index (χ3v) is 2.32. The molecule has 1 heterocycles. The molecule has 1 rings (SSSR count). The number of aromatic amines is 1. The largest absolute Gasteiger partial charge is 0.368 e. The smallest absolute Gasteiger partial charge is 0.321 e. The van der Waals surface area contributed by atoms with Gasteiger partial charge in [0, 0.05) is 6.54 Å². The predicted molar refractivity (Wildman–Crippen MR) is 63.3 cm³/mol. The van der Waals surface area contributed by atoms with Crippen LogP contribution in [0.1, 0.15) is 0 Å². The summed E-state index contributed by atoms with van der Waals surface area (Å²) >= 11 is 1.07. The van der Waals surface area contributed by atoms with Gasteiger partial charge in [0.05, 0.1) is 5.75 Å². The van der Waals surface area contributed by atoms with Crippen LogP contribution in [0.5, 0.6) is 0 Å². The van der Waals surface area contributed by atoms with Crippen molar-refractivity contribution >= 4 is 29.6 Å². The van der Waals surface area contributed by atoms with Gasteiger partial charge in [-0.2, -0.15) is 4.98 Å². The highest BCUT2D eigenvalue weighted by Crippen LogP contribution is 2.11. The Morgan fingerprint density at radius 3 is 2.94 bits per heavy atom. The van der Waals surface area contributed by atoms with Gasteiger partial charge in [-0.1, -0.05) is 17.8 Å². The van der Waals surface area contributed by atoms with E-state index in [4.69, 9.17) is 5.73 Å². The molecule has 0 spiro atoms.